The van der Waals surface area contributed by atoms with E-state index in [4.69, 9.17) is 10.8 Å². The van der Waals surface area contributed by atoms with Crippen molar-refractivity contribution in [2.75, 3.05) is 4.72 Å². The Bertz CT molecular complexity index is 564. The van der Waals surface area contributed by atoms with Crippen molar-refractivity contribution in [1.82, 2.24) is 0 Å². The molecule has 1 amide bonds. The number of carboxylic acids is 1. The van der Waals surface area contributed by atoms with Crippen molar-refractivity contribution < 1.29 is 23.1 Å². The van der Waals surface area contributed by atoms with E-state index in [-0.39, 0.29) is 11.3 Å². The second-order valence-electron chi connectivity index (χ2n) is 3.57. The van der Waals surface area contributed by atoms with Gasteiger partial charge < -0.3 is 10.8 Å². The molecule has 0 spiro atoms. The lowest BCUT2D eigenvalue weighted by Gasteiger charge is -2.11. The second kappa shape index (κ2) is 5.05. The Morgan fingerprint density at radius 3 is 2.17 bits per heavy atom. The lowest BCUT2D eigenvalue weighted by molar-refractivity contribution is -0.136. The summed E-state index contributed by atoms with van der Waals surface area (Å²) in [6.07, 6.45) is 0. The van der Waals surface area contributed by atoms with E-state index >= 15 is 0 Å². The molecule has 1 aromatic rings. The predicted octanol–water partition coefficient (Wildman–Crippen LogP) is 0.000300. The van der Waals surface area contributed by atoms with Gasteiger partial charge in [0.1, 0.15) is 0 Å². The molecule has 1 aromatic carbocycles. The largest absolute Gasteiger partial charge is 0.480 e. The van der Waals surface area contributed by atoms with E-state index in [9.17, 15) is 18.0 Å². The van der Waals surface area contributed by atoms with Crippen molar-refractivity contribution in [2.24, 2.45) is 5.73 Å². The number of aliphatic carboxylic acids is 1. The number of benzene rings is 1. The van der Waals surface area contributed by atoms with E-state index in [2.05, 4.69) is 4.72 Å². The van der Waals surface area contributed by atoms with Crippen molar-refractivity contribution in [2.45, 2.75) is 12.2 Å². The lowest BCUT2D eigenvalue weighted by atomic mass is 10.2. The molecule has 0 aromatic heterocycles. The molecule has 0 saturated carbocycles. The first-order valence-electron chi connectivity index (χ1n) is 4.88. The van der Waals surface area contributed by atoms with Crippen LogP contribution in [0.5, 0.6) is 0 Å². The molecule has 1 atom stereocenters. The third kappa shape index (κ3) is 3.20. The van der Waals surface area contributed by atoms with Gasteiger partial charge in [-0.05, 0) is 31.2 Å². The summed E-state index contributed by atoms with van der Waals surface area (Å²) >= 11 is 0. The first-order valence-corrected chi connectivity index (χ1v) is 6.43. The van der Waals surface area contributed by atoms with Crippen molar-refractivity contribution >= 4 is 27.6 Å². The minimum Gasteiger partial charge on any atom is -0.480 e. The molecule has 8 heteroatoms. The molecule has 0 radical (unpaired) electrons. The summed E-state index contributed by atoms with van der Waals surface area (Å²) in [7, 11) is -4.01. The molecule has 98 valence electrons. The maximum Gasteiger partial charge on any atom is 0.323 e. The molecule has 0 heterocycles. The van der Waals surface area contributed by atoms with E-state index in [0.29, 0.717) is 0 Å². The van der Waals surface area contributed by atoms with Gasteiger partial charge in [0.2, 0.25) is 15.9 Å². The van der Waals surface area contributed by atoms with Gasteiger partial charge in [0.25, 0.3) is 0 Å². The Morgan fingerprint density at radius 2 is 1.78 bits per heavy atom. The summed E-state index contributed by atoms with van der Waals surface area (Å²) in [6.45, 7) is 1.06. The van der Waals surface area contributed by atoms with Crippen molar-refractivity contribution in [1.29, 1.82) is 0 Å². The summed E-state index contributed by atoms with van der Waals surface area (Å²) in [5.41, 5.74) is 5.41. The molecule has 0 saturated heterocycles. The highest BCUT2D eigenvalue weighted by molar-refractivity contribution is 7.94. The van der Waals surface area contributed by atoms with Gasteiger partial charge >= 0.3 is 5.97 Å². The van der Waals surface area contributed by atoms with E-state index < -0.39 is 27.1 Å². The van der Waals surface area contributed by atoms with Crippen LogP contribution >= 0.6 is 0 Å². The van der Waals surface area contributed by atoms with Gasteiger partial charge in [-0.3, -0.25) is 14.3 Å². The molecule has 18 heavy (non-hydrogen) atoms. The number of carbonyl (C=O) groups is 2. The minimum absolute atomic E-state index is 0.160. The quantitative estimate of drug-likeness (QED) is 0.695. The zero-order valence-corrected chi connectivity index (χ0v) is 10.3. The molecular formula is C10H12N2O5S. The summed E-state index contributed by atoms with van der Waals surface area (Å²) in [4.78, 5) is 21.4. The number of hydrogen-bond donors (Lipinski definition) is 3. The number of primary amides is 1. The summed E-state index contributed by atoms with van der Waals surface area (Å²) in [5.74, 6) is -2.08. The normalized spacial score (nSPS) is 12.7. The molecule has 0 fully saturated rings. The predicted molar refractivity (Wildman–Crippen MR) is 64.6 cm³/mol. The highest BCUT2D eigenvalue weighted by Crippen LogP contribution is 2.13. The van der Waals surface area contributed by atoms with E-state index in [1.54, 1.807) is 0 Å². The first-order chi connectivity index (χ1) is 8.24. The number of nitrogens with one attached hydrogen (secondary N) is 1. The average molecular weight is 272 g/mol. The van der Waals surface area contributed by atoms with Crippen LogP contribution in [0.3, 0.4) is 0 Å². The van der Waals surface area contributed by atoms with Gasteiger partial charge in [-0.1, -0.05) is 0 Å². The number of hydrogen-bond acceptors (Lipinski definition) is 4. The van der Waals surface area contributed by atoms with Gasteiger partial charge in [0, 0.05) is 11.3 Å². The van der Waals surface area contributed by atoms with Crippen LogP contribution in [0.15, 0.2) is 24.3 Å². The summed E-state index contributed by atoms with van der Waals surface area (Å²) < 4.78 is 25.3. The van der Waals surface area contributed by atoms with Crippen molar-refractivity contribution in [3.63, 3.8) is 0 Å². The molecule has 4 N–H and O–H groups in total. The minimum atomic E-state index is -4.01. The van der Waals surface area contributed by atoms with Crippen molar-refractivity contribution in [3.05, 3.63) is 29.8 Å². The van der Waals surface area contributed by atoms with Crippen LogP contribution in [-0.2, 0) is 14.8 Å². The number of sulfonamides is 1. The summed E-state index contributed by atoms with van der Waals surface area (Å²) in [6, 6.07) is 5.33. The maximum absolute atomic E-state index is 11.6. The molecule has 0 bridgehead atoms. The Kier molecular flexibility index (Phi) is 3.92. The molecule has 1 unspecified atom stereocenters. The van der Waals surface area contributed by atoms with Crippen LogP contribution < -0.4 is 10.5 Å². The van der Waals surface area contributed by atoms with Gasteiger partial charge in [-0.2, -0.15) is 0 Å². The topological polar surface area (TPSA) is 127 Å². The molecule has 0 aliphatic carbocycles. The highest BCUT2D eigenvalue weighted by Gasteiger charge is 2.27. The molecule has 7 nitrogen and oxygen atoms in total. The Morgan fingerprint density at radius 1 is 1.28 bits per heavy atom. The lowest BCUT2D eigenvalue weighted by Crippen LogP contribution is -2.32. The number of nitrogens with two attached hydrogens (primary N) is 1. The number of anilines is 1. The van der Waals surface area contributed by atoms with Gasteiger partial charge in [-0.25, -0.2) is 8.42 Å². The average Bonchev–Trinajstić information content (AvgIpc) is 2.28. The monoisotopic (exact) mass is 272 g/mol. The zero-order valence-electron chi connectivity index (χ0n) is 9.45. The first kappa shape index (κ1) is 14.0. The van der Waals surface area contributed by atoms with Crippen molar-refractivity contribution in [3.8, 4) is 0 Å². The number of amides is 1. The fourth-order valence-electron chi connectivity index (χ4n) is 1.09. The fourth-order valence-corrected chi connectivity index (χ4v) is 1.99. The second-order valence-corrected chi connectivity index (χ2v) is 5.57. The highest BCUT2D eigenvalue weighted by atomic mass is 32.2. The fraction of sp³-hybridized carbons (Fsp3) is 0.200. The van der Waals surface area contributed by atoms with E-state index in [1.807, 2.05) is 0 Å². The Hall–Kier alpha value is -2.09. The third-order valence-electron chi connectivity index (χ3n) is 2.24. The number of carbonyl (C=O) groups excluding carboxylic acids is 1. The van der Waals surface area contributed by atoms with Gasteiger partial charge in [0.05, 0.1) is 0 Å². The smallest absolute Gasteiger partial charge is 0.323 e. The van der Waals surface area contributed by atoms with E-state index in [1.165, 1.54) is 24.3 Å². The summed E-state index contributed by atoms with van der Waals surface area (Å²) in [5, 5.41) is 7.06. The van der Waals surface area contributed by atoms with Crippen LogP contribution in [0.25, 0.3) is 0 Å². The third-order valence-corrected chi connectivity index (χ3v) is 3.90. The van der Waals surface area contributed by atoms with E-state index in [0.717, 1.165) is 6.92 Å². The Balaban J connectivity index is 2.92. The van der Waals surface area contributed by atoms with Crippen LogP contribution in [0, 0.1) is 0 Å². The molecule has 0 aliphatic heterocycles. The molecule has 0 aliphatic rings. The molecule has 1 rings (SSSR count). The van der Waals surface area contributed by atoms with Gasteiger partial charge in [0.15, 0.2) is 5.25 Å². The van der Waals surface area contributed by atoms with Crippen LogP contribution in [0.1, 0.15) is 17.3 Å². The zero-order chi connectivity index (χ0) is 13.9. The number of rotatable bonds is 5. The standard InChI is InChI=1S/C10H12N2O5S/c1-6(10(14)15)18(16,17)12-8-4-2-7(3-5-8)9(11)13/h2-6,12H,1H3,(H2,11,13)(H,14,15). The number of carboxylic acid groups (broad SMARTS) is 1. The Labute approximate surface area is 104 Å². The molecular weight excluding hydrogens is 260 g/mol. The van der Waals surface area contributed by atoms with Gasteiger partial charge in [-0.15, -0.1) is 0 Å². The van der Waals surface area contributed by atoms with Crippen LogP contribution in [0.2, 0.25) is 0 Å². The maximum atomic E-state index is 11.6. The van der Waals surface area contributed by atoms with Crippen LogP contribution in [0.4, 0.5) is 5.69 Å². The van der Waals surface area contributed by atoms with Crippen LogP contribution in [-0.4, -0.2) is 30.7 Å². The SMILES string of the molecule is CC(C(=O)O)S(=O)(=O)Nc1ccc(C(N)=O)cc1.